The van der Waals surface area contributed by atoms with Crippen molar-refractivity contribution in [3.63, 3.8) is 0 Å². The Morgan fingerprint density at radius 1 is 1.00 bits per heavy atom. The fourth-order valence-electron chi connectivity index (χ4n) is 3.47. The molecule has 4 rings (SSSR count). The lowest BCUT2D eigenvalue weighted by atomic mass is 10.3. The number of benzene rings is 3. The van der Waals surface area contributed by atoms with Crippen molar-refractivity contribution in [2.75, 3.05) is 44.3 Å². The van der Waals surface area contributed by atoms with E-state index < -0.39 is 28.3 Å². The Morgan fingerprint density at radius 3 is 2.47 bits per heavy atom. The number of anilines is 1. The number of fused-ring (bicyclic) bond motifs is 1. The number of methoxy groups -OCH3 is 1. The zero-order chi connectivity index (χ0) is 25.5. The van der Waals surface area contributed by atoms with Crippen LogP contribution in [0.2, 0.25) is 0 Å². The van der Waals surface area contributed by atoms with Crippen molar-refractivity contribution >= 4 is 21.6 Å². The van der Waals surface area contributed by atoms with E-state index >= 15 is 0 Å². The van der Waals surface area contributed by atoms with Crippen molar-refractivity contribution in [3.8, 4) is 23.0 Å². The average molecular weight is 517 g/mol. The zero-order valence-electron chi connectivity index (χ0n) is 19.5. The molecular weight excluding hydrogens is 491 g/mol. The number of nitrogens with zero attached hydrogens (tertiary/aromatic N) is 1. The van der Waals surface area contributed by atoms with Crippen LogP contribution in [0.15, 0.2) is 71.6 Å². The monoisotopic (exact) mass is 516 g/mol. The van der Waals surface area contributed by atoms with E-state index in [1.165, 1.54) is 30.3 Å². The Bertz CT molecular complexity index is 1320. The molecule has 0 aliphatic carbocycles. The fourth-order valence-corrected chi connectivity index (χ4v) is 4.91. The minimum absolute atomic E-state index is 0.0924. The first-order chi connectivity index (χ1) is 17.4. The van der Waals surface area contributed by atoms with Crippen LogP contribution in [0.1, 0.15) is 0 Å². The second-order valence-electron chi connectivity index (χ2n) is 7.67. The first-order valence-corrected chi connectivity index (χ1v) is 12.5. The third kappa shape index (κ3) is 5.98. The van der Waals surface area contributed by atoms with Crippen LogP contribution in [-0.2, 0) is 14.8 Å². The van der Waals surface area contributed by atoms with E-state index in [1.807, 2.05) is 0 Å². The largest absolute Gasteiger partial charge is 0.497 e. The smallest absolute Gasteiger partial charge is 0.264 e. The summed E-state index contributed by atoms with van der Waals surface area (Å²) >= 11 is 0. The maximum absolute atomic E-state index is 13.5. The summed E-state index contributed by atoms with van der Waals surface area (Å²) in [5.41, 5.74) is 0.133. The third-order valence-corrected chi connectivity index (χ3v) is 7.01. The van der Waals surface area contributed by atoms with Crippen LogP contribution in [0.25, 0.3) is 0 Å². The van der Waals surface area contributed by atoms with E-state index in [4.69, 9.17) is 18.9 Å². The molecule has 1 N–H and O–H groups in total. The van der Waals surface area contributed by atoms with Gasteiger partial charge in [0.2, 0.25) is 5.91 Å². The molecule has 1 aliphatic heterocycles. The Balaban J connectivity index is 1.47. The molecule has 0 aromatic heterocycles. The van der Waals surface area contributed by atoms with Crippen molar-refractivity contribution in [1.29, 1.82) is 0 Å². The molecule has 36 heavy (non-hydrogen) atoms. The molecule has 0 radical (unpaired) electrons. The molecule has 190 valence electrons. The van der Waals surface area contributed by atoms with Crippen molar-refractivity contribution in [2.45, 2.75) is 4.90 Å². The van der Waals surface area contributed by atoms with Crippen LogP contribution in [0.4, 0.5) is 10.1 Å². The highest BCUT2D eigenvalue weighted by atomic mass is 32.2. The van der Waals surface area contributed by atoms with E-state index in [9.17, 15) is 17.6 Å². The number of sulfonamides is 1. The molecular formula is C25H25FN2O7S. The summed E-state index contributed by atoms with van der Waals surface area (Å²) in [7, 11) is -2.66. The number of ether oxygens (including phenoxy) is 4. The highest BCUT2D eigenvalue weighted by molar-refractivity contribution is 7.92. The number of hydrogen-bond acceptors (Lipinski definition) is 7. The van der Waals surface area contributed by atoms with Crippen LogP contribution in [0.3, 0.4) is 0 Å². The van der Waals surface area contributed by atoms with Crippen molar-refractivity contribution in [1.82, 2.24) is 5.32 Å². The zero-order valence-corrected chi connectivity index (χ0v) is 20.3. The number of carbonyl (C=O) groups excluding carboxylic acids is 1. The van der Waals surface area contributed by atoms with Crippen LogP contribution < -0.4 is 28.6 Å². The molecule has 9 nitrogen and oxygen atoms in total. The third-order valence-electron chi connectivity index (χ3n) is 5.24. The second kappa shape index (κ2) is 11.2. The number of rotatable bonds is 10. The summed E-state index contributed by atoms with van der Waals surface area (Å²) in [4.78, 5) is 12.6. The van der Waals surface area contributed by atoms with E-state index in [1.54, 1.807) is 31.4 Å². The summed E-state index contributed by atoms with van der Waals surface area (Å²) in [6, 6.07) is 16.1. The van der Waals surface area contributed by atoms with Gasteiger partial charge in [0.1, 0.15) is 43.7 Å². The first-order valence-electron chi connectivity index (χ1n) is 11.1. The van der Waals surface area contributed by atoms with Gasteiger partial charge in [-0.15, -0.1) is 0 Å². The van der Waals surface area contributed by atoms with Crippen molar-refractivity contribution < 1.29 is 36.6 Å². The number of hydrogen-bond donors (Lipinski definition) is 1. The second-order valence-corrected chi connectivity index (χ2v) is 9.53. The van der Waals surface area contributed by atoms with Gasteiger partial charge in [0.15, 0.2) is 11.5 Å². The minimum Gasteiger partial charge on any atom is -0.497 e. The molecule has 3 aromatic rings. The molecule has 1 aliphatic rings. The SMILES string of the molecule is COc1cccc(OCCNC(=O)CN(c2ccc(F)cc2)S(=O)(=O)c2ccc3c(c2)OCCO3)c1. The standard InChI is InChI=1S/C25H25FN2O7S/c1-32-20-3-2-4-21(15-20)33-12-11-27-25(29)17-28(19-7-5-18(26)6-8-19)36(30,31)22-9-10-23-24(16-22)35-14-13-34-23/h2-10,15-16H,11-14,17H2,1H3,(H,27,29). The molecule has 0 unspecified atom stereocenters. The van der Waals surface area contributed by atoms with Gasteiger partial charge in [0.05, 0.1) is 24.2 Å². The minimum atomic E-state index is -4.21. The van der Waals surface area contributed by atoms with E-state index in [0.717, 1.165) is 16.4 Å². The predicted octanol–water partition coefficient (Wildman–Crippen LogP) is 3.00. The van der Waals surface area contributed by atoms with Crippen molar-refractivity contribution in [2.24, 2.45) is 0 Å². The maximum atomic E-state index is 13.5. The van der Waals surface area contributed by atoms with Crippen LogP contribution in [0, 0.1) is 5.82 Å². The van der Waals surface area contributed by atoms with Gasteiger partial charge in [-0.3, -0.25) is 9.10 Å². The van der Waals surface area contributed by atoms with E-state index in [2.05, 4.69) is 5.32 Å². The molecule has 0 fully saturated rings. The lowest BCUT2D eigenvalue weighted by molar-refractivity contribution is -0.119. The lowest BCUT2D eigenvalue weighted by Gasteiger charge is -2.25. The molecule has 0 saturated heterocycles. The Kier molecular flexibility index (Phi) is 7.79. The molecule has 3 aromatic carbocycles. The first kappa shape index (κ1) is 25.1. The van der Waals surface area contributed by atoms with Gasteiger partial charge in [0, 0.05) is 12.1 Å². The van der Waals surface area contributed by atoms with Gasteiger partial charge in [-0.1, -0.05) is 6.07 Å². The highest BCUT2D eigenvalue weighted by Crippen LogP contribution is 2.34. The highest BCUT2D eigenvalue weighted by Gasteiger charge is 2.29. The normalized spacial score (nSPS) is 12.5. The van der Waals surface area contributed by atoms with Gasteiger partial charge >= 0.3 is 0 Å². The molecule has 0 bridgehead atoms. The lowest BCUT2D eigenvalue weighted by Crippen LogP contribution is -2.42. The Hall–Kier alpha value is -3.99. The summed E-state index contributed by atoms with van der Waals surface area (Å²) in [6.45, 7) is 0.421. The maximum Gasteiger partial charge on any atom is 0.264 e. The summed E-state index contributed by atoms with van der Waals surface area (Å²) in [6.07, 6.45) is 0. The van der Waals surface area contributed by atoms with Gasteiger partial charge in [-0.25, -0.2) is 12.8 Å². The van der Waals surface area contributed by atoms with Gasteiger partial charge < -0.3 is 24.3 Å². The van der Waals surface area contributed by atoms with E-state index in [0.29, 0.717) is 36.2 Å². The van der Waals surface area contributed by atoms with Crippen LogP contribution in [-0.4, -0.2) is 54.3 Å². The summed E-state index contributed by atoms with van der Waals surface area (Å²) in [5, 5.41) is 2.65. The average Bonchev–Trinajstić information content (AvgIpc) is 2.90. The van der Waals surface area contributed by atoms with Crippen LogP contribution in [0.5, 0.6) is 23.0 Å². The van der Waals surface area contributed by atoms with Crippen molar-refractivity contribution in [3.05, 3.63) is 72.5 Å². The van der Waals surface area contributed by atoms with Gasteiger partial charge in [0.25, 0.3) is 10.0 Å². The molecule has 0 saturated carbocycles. The quantitative estimate of drug-likeness (QED) is 0.413. The Morgan fingerprint density at radius 2 is 1.72 bits per heavy atom. The predicted molar refractivity (Wildman–Crippen MR) is 130 cm³/mol. The molecule has 11 heteroatoms. The van der Waals surface area contributed by atoms with Gasteiger partial charge in [-0.05, 0) is 48.5 Å². The van der Waals surface area contributed by atoms with Crippen LogP contribution >= 0.6 is 0 Å². The molecule has 1 amide bonds. The number of halogens is 1. The number of nitrogens with one attached hydrogen (secondary N) is 1. The molecule has 1 heterocycles. The Labute approximate surface area is 208 Å². The van der Waals surface area contributed by atoms with E-state index in [-0.39, 0.29) is 23.7 Å². The number of carbonyl (C=O) groups is 1. The topological polar surface area (TPSA) is 103 Å². The molecule has 0 atom stereocenters. The number of amides is 1. The fraction of sp³-hybridized carbons (Fsp3) is 0.240. The summed E-state index contributed by atoms with van der Waals surface area (Å²) < 4.78 is 63.2. The summed E-state index contributed by atoms with van der Waals surface area (Å²) in [5.74, 6) is 0.834. The molecule has 0 spiro atoms. The van der Waals surface area contributed by atoms with Gasteiger partial charge in [-0.2, -0.15) is 0 Å².